The fraction of sp³-hybridized carbons (Fsp3) is 0.318. The fourth-order valence-corrected chi connectivity index (χ4v) is 3.88. The van der Waals surface area contributed by atoms with Gasteiger partial charge in [0.1, 0.15) is 17.3 Å². The number of benzene rings is 1. The highest BCUT2D eigenvalue weighted by Gasteiger charge is 2.11. The average Bonchev–Trinajstić information content (AvgIpc) is 3.42. The zero-order valence-electron chi connectivity index (χ0n) is 17.3. The molecule has 3 aromatic rings. The summed E-state index contributed by atoms with van der Waals surface area (Å²) in [5.41, 5.74) is 1.94. The van der Waals surface area contributed by atoms with Crippen molar-refractivity contribution in [2.75, 3.05) is 42.3 Å². The molecule has 8 nitrogen and oxygen atoms in total. The number of thioether (sulfide) groups is 1. The Morgan fingerprint density at radius 3 is 2.74 bits per heavy atom. The second kappa shape index (κ2) is 10.3. The lowest BCUT2D eigenvalue weighted by Crippen LogP contribution is -2.36. The van der Waals surface area contributed by atoms with E-state index in [1.807, 2.05) is 55.5 Å². The number of aryl methyl sites for hydroxylation is 1. The van der Waals surface area contributed by atoms with Gasteiger partial charge in [-0.3, -0.25) is 9.89 Å². The van der Waals surface area contributed by atoms with Gasteiger partial charge in [0.15, 0.2) is 0 Å². The predicted molar refractivity (Wildman–Crippen MR) is 122 cm³/mol. The number of carbonyl (C=O) groups is 1. The minimum Gasteiger partial charge on any atom is -0.462 e. The summed E-state index contributed by atoms with van der Waals surface area (Å²) in [6, 6.07) is 11.7. The van der Waals surface area contributed by atoms with Crippen molar-refractivity contribution in [3.63, 3.8) is 0 Å². The Morgan fingerprint density at radius 2 is 2.00 bits per heavy atom. The average molecular weight is 440 g/mol. The molecule has 0 aliphatic carbocycles. The Hall–Kier alpha value is -3.04. The second-order valence-corrected chi connectivity index (χ2v) is 8.14. The number of nitrogens with one attached hydrogen (secondary N) is 2. The van der Waals surface area contributed by atoms with Crippen LogP contribution in [0.2, 0.25) is 0 Å². The van der Waals surface area contributed by atoms with Gasteiger partial charge in [0.2, 0.25) is 11.1 Å². The van der Waals surface area contributed by atoms with Gasteiger partial charge in [0.05, 0.1) is 13.2 Å². The predicted octanol–water partition coefficient (Wildman–Crippen LogP) is 3.83. The maximum absolute atomic E-state index is 12.2. The van der Waals surface area contributed by atoms with E-state index in [0.717, 1.165) is 49.2 Å². The zero-order chi connectivity index (χ0) is 21.5. The number of morpholine rings is 1. The first-order valence-corrected chi connectivity index (χ1v) is 11.2. The van der Waals surface area contributed by atoms with Crippen molar-refractivity contribution < 1.29 is 13.9 Å². The highest BCUT2D eigenvalue weighted by molar-refractivity contribution is 7.99. The van der Waals surface area contributed by atoms with Crippen LogP contribution in [0.15, 0.2) is 46.0 Å². The molecule has 2 aromatic heterocycles. The molecule has 1 saturated heterocycles. The van der Waals surface area contributed by atoms with Gasteiger partial charge < -0.3 is 19.4 Å². The summed E-state index contributed by atoms with van der Waals surface area (Å²) in [6.07, 6.45) is 4.02. The quantitative estimate of drug-likeness (QED) is 0.515. The third-order valence-corrected chi connectivity index (χ3v) is 5.59. The van der Waals surface area contributed by atoms with Crippen molar-refractivity contribution in [2.24, 2.45) is 0 Å². The number of furan rings is 1. The van der Waals surface area contributed by atoms with Crippen molar-refractivity contribution >= 4 is 41.2 Å². The molecule has 0 unspecified atom stereocenters. The van der Waals surface area contributed by atoms with Crippen LogP contribution >= 0.6 is 11.8 Å². The molecule has 2 N–H and O–H groups in total. The van der Waals surface area contributed by atoms with E-state index in [0.29, 0.717) is 23.2 Å². The number of aromatic nitrogens is 3. The molecule has 4 rings (SSSR count). The number of ether oxygens (including phenoxy) is 1. The number of H-pyrrole nitrogens is 1. The molecular formula is C22H25N5O3S. The summed E-state index contributed by atoms with van der Waals surface area (Å²) < 4.78 is 10.9. The number of amides is 1. The van der Waals surface area contributed by atoms with Crippen LogP contribution in [-0.4, -0.2) is 53.1 Å². The van der Waals surface area contributed by atoms with Gasteiger partial charge in [0.25, 0.3) is 0 Å². The van der Waals surface area contributed by atoms with Crippen molar-refractivity contribution in [2.45, 2.75) is 18.5 Å². The zero-order valence-corrected chi connectivity index (χ0v) is 18.2. The standard InChI is InChI=1S/C22H25N5O3S/c1-16-2-7-19(30-16)8-9-20-24-22(26-25-20)31-15-10-21(28)23-17-3-5-18(6-4-17)27-11-13-29-14-12-27/h2-9H,10-15H2,1H3,(H,23,28)(H,24,25,26). The Balaban J connectivity index is 1.20. The van der Waals surface area contributed by atoms with E-state index < -0.39 is 0 Å². The van der Waals surface area contributed by atoms with Gasteiger partial charge in [-0.15, -0.1) is 5.10 Å². The van der Waals surface area contributed by atoms with Crippen LogP contribution in [0.5, 0.6) is 0 Å². The topological polar surface area (TPSA) is 96.3 Å². The van der Waals surface area contributed by atoms with Crippen molar-refractivity contribution in [1.82, 2.24) is 15.2 Å². The molecule has 0 bridgehead atoms. The lowest BCUT2D eigenvalue weighted by atomic mass is 10.2. The number of aromatic amines is 1. The maximum atomic E-state index is 12.2. The number of hydrogen-bond donors (Lipinski definition) is 2. The summed E-state index contributed by atoms with van der Waals surface area (Å²) in [5.74, 6) is 2.82. The van der Waals surface area contributed by atoms with E-state index in [1.165, 1.54) is 11.8 Å². The molecule has 31 heavy (non-hydrogen) atoms. The van der Waals surface area contributed by atoms with Crippen molar-refractivity contribution in [3.8, 4) is 0 Å². The minimum absolute atomic E-state index is 0.0320. The van der Waals surface area contributed by atoms with Crippen molar-refractivity contribution in [1.29, 1.82) is 0 Å². The number of hydrogen-bond acceptors (Lipinski definition) is 7. The summed E-state index contributed by atoms with van der Waals surface area (Å²) in [7, 11) is 0. The van der Waals surface area contributed by atoms with Gasteiger partial charge >= 0.3 is 0 Å². The molecule has 1 aliphatic heterocycles. The molecule has 0 atom stereocenters. The highest BCUT2D eigenvalue weighted by Crippen LogP contribution is 2.20. The lowest BCUT2D eigenvalue weighted by molar-refractivity contribution is -0.115. The Kier molecular flexibility index (Phi) is 7.06. The Morgan fingerprint density at radius 1 is 1.19 bits per heavy atom. The molecular weight excluding hydrogens is 414 g/mol. The van der Waals surface area contributed by atoms with E-state index in [2.05, 4.69) is 25.4 Å². The van der Waals surface area contributed by atoms with Gasteiger partial charge in [-0.1, -0.05) is 11.8 Å². The molecule has 3 heterocycles. The van der Waals surface area contributed by atoms with Crippen LogP contribution in [-0.2, 0) is 9.53 Å². The third-order valence-electron chi connectivity index (χ3n) is 4.74. The largest absolute Gasteiger partial charge is 0.462 e. The maximum Gasteiger partial charge on any atom is 0.225 e. The van der Waals surface area contributed by atoms with Gasteiger partial charge in [-0.05, 0) is 55.5 Å². The van der Waals surface area contributed by atoms with Crippen LogP contribution in [0.25, 0.3) is 12.2 Å². The van der Waals surface area contributed by atoms with Crippen LogP contribution in [0.3, 0.4) is 0 Å². The summed E-state index contributed by atoms with van der Waals surface area (Å²) >= 11 is 1.44. The summed E-state index contributed by atoms with van der Waals surface area (Å²) in [6.45, 7) is 5.19. The first-order chi connectivity index (χ1) is 15.2. The van der Waals surface area contributed by atoms with E-state index in [4.69, 9.17) is 9.15 Å². The van der Waals surface area contributed by atoms with Gasteiger partial charge in [-0.25, -0.2) is 4.98 Å². The number of carbonyl (C=O) groups excluding carboxylic acids is 1. The monoisotopic (exact) mass is 439 g/mol. The molecule has 0 radical (unpaired) electrons. The van der Waals surface area contributed by atoms with Crippen molar-refractivity contribution in [3.05, 3.63) is 53.7 Å². The highest BCUT2D eigenvalue weighted by atomic mass is 32.2. The summed E-state index contributed by atoms with van der Waals surface area (Å²) in [5, 5.41) is 10.6. The SMILES string of the molecule is Cc1ccc(C=Cc2nc(SCCC(=O)Nc3ccc(N4CCOCC4)cc3)n[nH]2)o1. The molecule has 1 aromatic carbocycles. The van der Waals surface area contributed by atoms with Crippen LogP contribution in [0.1, 0.15) is 23.8 Å². The van der Waals surface area contributed by atoms with Gasteiger partial charge in [0, 0.05) is 36.6 Å². The van der Waals surface area contributed by atoms with E-state index in [9.17, 15) is 4.79 Å². The summed E-state index contributed by atoms with van der Waals surface area (Å²) in [4.78, 5) is 18.9. The molecule has 0 spiro atoms. The van der Waals surface area contributed by atoms with Crippen LogP contribution < -0.4 is 10.2 Å². The number of anilines is 2. The van der Waals surface area contributed by atoms with Crippen LogP contribution in [0.4, 0.5) is 11.4 Å². The lowest BCUT2D eigenvalue weighted by Gasteiger charge is -2.28. The molecule has 9 heteroatoms. The first kappa shape index (κ1) is 21.2. The van der Waals surface area contributed by atoms with Gasteiger partial charge in [-0.2, -0.15) is 0 Å². The van der Waals surface area contributed by atoms with Crippen LogP contribution in [0, 0.1) is 6.92 Å². The molecule has 162 valence electrons. The number of nitrogens with zero attached hydrogens (tertiary/aromatic N) is 3. The Bertz CT molecular complexity index is 1020. The molecule has 1 amide bonds. The Labute approximate surface area is 185 Å². The fourth-order valence-electron chi connectivity index (χ4n) is 3.14. The second-order valence-electron chi connectivity index (χ2n) is 7.08. The molecule has 1 aliphatic rings. The third kappa shape index (κ3) is 6.22. The normalized spacial score (nSPS) is 14.3. The van der Waals surface area contributed by atoms with E-state index in [1.54, 1.807) is 0 Å². The smallest absolute Gasteiger partial charge is 0.225 e. The minimum atomic E-state index is -0.0320. The van der Waals surface area contributed by atoms with E-state index >= 15 is 0 Å². The molecule has 1 fully saturated rings. The van der Waals surface area contributed by atoms with E-state index in [-0.39, 0.29) is 5.91 Å². The first-order valence-electron chi connectivity index (χ1n) is 10.2. The molecule has 0 saturated carbocycles. The number of rotatable bonds is 8.